The number of aromatic amines is 1. The molecule has 4 aromatic rings. The highest BCUT2D eigenvalue weighted by atomic mass is 19.2. The molecule has 0 saturated heterocycles. The number of amides is 1. The third-order valence-corrected chi connectivity index (χ3v) is 5.89. The first-order valence-electron chi connectivity index (χ1n) is 10.1. The van der Waals surface area contributed by atoms with Crippen molar-refractivity contribution in [2.45, 2.75) is 12.5 Å². The van der Waals surface area contributed by atoms with Crippen molar-refractivity contribution in [2.75, 3.05) is 13.7 Å². The van der Waals surface area contributed by atoms with Crippen molar-refractivity contribution in [3.05, 3.63) is 101 Å². The molecule has 1 amide bonds. The monoisotopic (exact) mass is 418 g/mol. The normalized spacial score (nSPS) is 15.7. The minimum Gasteiger partial charge on any atom is -0.497 e. The summed E-state index contributed by atoms with van der Waals surface area (Å²) in [4.78, 5) is 18.6. The SMILES string of the molecule is COc1ccc([C@H]2c3[nH]c4ccccc4c3CCN2C(=O)c2ccc(F)c(F)c2)cc1. The summed E-state index contributed by atoms with van der Waals surface area (Å²) in [5.41, 5.74) is 4.15. The summed E-state index contributed by atoms with van der Waals surface area (Å²) >= 11 is 0. The van der Waals surface area contributed by atoms with Crippen LogP contribution in [0.3, 0.4) is 0 Å². The number of para-hydroxylation sites is 1. The summed E-state index contributed by atoms with van der Waals surface area (Å²) in [6.45, 7) is 0.462. The minimum absolute atomic E-state index is 0.122. The van der Waals surface area contributed by atoms with Gasteiger partial charge in [-0.15, -0.1) is 0 Å². The Morgan fingerprint density at radius 3 is 2.55 bits per heavy atom. The van der Waals surface area contributed by atoms with Crippen molar-refractivity contribution in [1.82, 2.24) is 9.88 Å². The van der Waals surface area contributed by atoms with Gasteiger partial charge in [0.25, 0.3) is 5.91 Å². The van der Waals surface area contributed by atoms with Crippen molar-refractivity contribution in [1.29, 1.82) is 0 Å². The molecule has 0 fully saturated rings. The average Bonchev–Trinajstić information content (AvgIpc) is 3.18. The van der Waals surface area contributed by atoms with Crippen LogP contribution in [0, 0.1) is 11.6 Å². The Morgan fingerprint density at radius 2 is 1.81 bits per heavy atom. The Morgan fingerprint density at radius 1 is 1.03 bits per heavy atom. The third kappa shape index (κ3) is 3.24. The lowest BCUT2D eigenvalue weighted by Gasteiger charge is -2.36. The molecule has 0 unspecified atom stereocenters. The molecule has 1 aromatic heterocycles. The summed E-state index contributed by atoms with van der Waals surface area (Å²) in [6.07, 6.45) is 0.668. The second kappa shape index (κ2) is 7.54. The maximum atomic E-state index is 13.8. The van der Waals surface area contributed by atoms with Crippen LogP contribution in [0.15, 0.2) is 66.7 Å². The zero-order chi connectivity index (χ0) is 21.5. The molecule has 2 heterocycles. The van der Waals surface area contributed by atoms with Gasteiger partial charge in [-0.05, 0) is 53.9 Å². The van der Waals surface area contributed by atoms with E-state index in [4.69, 9.17) is 4.74 Å². The average molecular weight is 418 g/mol. The van der Waals surface area contributed by atoms with Crippen LogP contribution in [0.1, 0.15) is 33.2 Å². The number of fused-ring (bicyclic) bond motifs is 3. The van der Waals surface area contributed by atoms with Gasteiger partial charge in [0.2, 0.25) is 0 Å². The lowest BCUT2D eigenvalue weighted by molar-refractivity contribution is 0.0691. The fourth-order valence-electron chi connectivity index (χ4n) is 4.39. The molecule has 0 saturated carbocycles. The van der Waals surface area contributed by atoms with E-state index in [0.29, 0.717) is 13.0 Å². The topological polar surface area (TPSA) is 45.3 Å². The highest BCUT2D eigenvalue weighted by molar-refractivity contribution is 5.95. The number of halogens is 2. The Hall–Kier alpha value is -3.67. The summed E-state index contributed by atoms with van der Waals surface area (Å²) < 4.78 is 32.5. The van der Waals surface area contributed by atoms with E-state index in [2.05, 4.69) is 11.1 Å². The number of methoxy groups -OCH3 is 1. The minimum atomic E-state index is -1.03. The fraction of sp³-hybridized carbons (Fsp3) is 0.160. The molecular weight excluding hydrogens is 398 g/mol. The number of hydrogen-bond acceptors (Lipinski definition) is 2. The van der Waals surface area contributed by atoms with E-state index in [9.17, 15) is 13.6 Å². The van der Waals surface area contributed by atoms with E-state index in [1.807, 2.05) is 42.5 Å². The van der Waals surface area contributed by atoms with E-state index in [1.165, 1.54) is 11.6 Å². The van der Waals surface area contributed by atoms with Crippen LogP contribution in [0.25, 0.3) is 10.9 Å². The molecule has 1 N–H and O–H groups in total. The van der Waals surface area contributed by atoms with Crippen LogP contribution in [0.4, 0.5) is 8.78 Å². The van der Waals surface area contributed by atoms with Crippen molar-refractivity contribution < 1.29 is 18.3 Å². The van der Waals surface area contributed by atoms with Crippen LogP contribution in [0.5, 0.6) is 5.75 Å². The van der Waals surface area contributed by atoms with Gasteiger partial charge in [0.05, 0.1) is 13.2 Å². The molecule has 0 spiro atoms. The molecule has 6 heteroatoms. The molecule has 3 aromatic carbocycles. The number of ether oxygens (including phenoxy) is 1. The molecular formula is C25H20F2N2O2. The molecule has 1 atom stereocenters. The number of carbonyl (C=O) groups is 1. The molecule has 5 rings (SSSR count). The second-order valence-electron chi connectivity index (χ2n) is 7.62. The zero-order valence-electron chi connectivity index (χ0n) is 16.9. The van der Waals surface area contributed by atoms with Gasteiger partial charge in [0.15, 0.2) is 11.6 Å². The van der Waals surface area contributed by atoms with E-state index < -0.39 is 11.6 Å². The number of carbonyl (C=O) groups excluding carboxylic acids is 1. The number of rotatable bonds is 3. The first-order valence-corrected chi connectivity index (χ1v) is 10.1. The van der Waals surface area contributed by atoms with Gasteiger partial charge in [-0.3, -0.25) is 4.79 Å². The van der Waals surface area contributed by atoms with Gasteiger partial charge in [0, 0.05) is 28.7 Å². The summed E-state index contributed by atoms with van der Waals surface area (Å²) in [6, 6.07) is 18.5. The van der Waals surface area contributed by atoms with Gasteiger partial charge in [-0.25, -0.2) is 8.78 Å². The number of benzene rings is 3. The lowest BCUT2D eigenvalue weighted by atomic mass is 9.91. The Balaban J connectivity index is 1.64. The van der Waals surface area contributed by atoms with Crippen LogP contribution >= 0.6 is 0 Å². The van der Waals surface area contributed by atoms with Crippen LogP contribution in [-0.4, -0.2) is 29.4 Å². The highest BCUT2D eigenvalue weighted by Crippen LogP contribution is 2.39. The maximum absolute atomic E-state index is 13.8. The first-order chi connectivity index (χ1) is 15.1. The Bertz CT molecular complexity index is 1280. The molecule has 0 radical (unpaired) electrons. The zero-order valence-corrected chi connectivity index (χ0v) is 16.9. The summed E-state index contributed by atoms with van der Waals surface area (Å²) in [5, 5.41) is 1.14. The summed E-state index contributed by atoms with van der Waals surface area (Å²) in [5.74, 6) is -1.63. The van der Waals surface area contributed by atoms with Crippen LogP contribution < -0.4 is 4.74 Å². The quantitative estimate of drug-likeness (QED) is 0.494. The standard InChI is InChI=1S/C25H20F2N2O2/c1-31-17-9-6-15(7-10-17)24-23-19(18-4-2-3-5-22(18)28-23)12-13-29(24)25(30)16-8-11-20(26)21(27)14-16/h2-11,14,24,28H,12-13H2,1H3/t24-/m0/s1. The third-order valence-electron chi connectivity index (χ3n) is 5.89. The Labute approximate surface area is 178 Å². The summed E-state index contributed by atoms with van der Waals surface area (Å²) in [7, 11) is 1.60. The predicted octanol–water partition coefficient (Wildman–Crippen LogP) is 5.24. The van der Waals surface area contributed by atoms with Gasteiger partial charge >= 0.3 is 0 Å². The predicted molar refractivity (Wildman–Crippen MR) is 114 cm³/mol. The van der Waals surface area contributed by atoms with E-state index in [-0.39, 0.29) is 17.5 Å². The molecule has 31 heavy (non-hydrogen) atoms. The van der Waals surface area contributed by atoms with Crippen LogP contribution in [-0.2, 0) is 6.42 Å². The van der Waals surface area contributed by atoms with E-state index in [0.717, 1.165) is 40.0 Å². The first kappa shape index (κ1) is 19.3. The molecule has 0 aliphatic carbocycles. The number of hydrogen-bond donors (Lipinski definition) is 1. The van der Waals surface area contributed by atoms with E-state index in [1.54, 1.807) is 12.0 Å². The number of nitrogens with zero attached hydrogens (tertiary/aromatic N) is 1. The molecule has 1 aliphatic heterocycles. The number of H-pyrrole nitrogens is 1. The van der Waals surface area contributed by atoms with Crippen molar-refractivity contribution >= 4 is 16.8 Å². The van der Waals surface area contributed by atoms with Crippen molar-refractivity contribution in [3.8, 4) is 5.75 Å². The van der Waals surface area contributed by atoms with Crippen molar-refractivity contribution in [2.24, 2.45) is 0 Å². The largest absolute Gasteiger partial charge is 0.497 e. The highest BCUT2D eigenvalue weighted by Gasteiger charge is 2.35. The number of nitrogens with one attached hydrogen (secondary N) is 1. The van der Waals surface area contributed by atoms with Gasteiger partial charge in [-0.1, -0.05) is 30.3 Å². The van der Waals surface area contributed by atoms with E-state index >= 15 is 0 Å². The maximum Gasteiger partial charge on any atom is 0.254 e. The fourth-order valence-corrected chi connectivity index (χ4v) is 4.39. The van der Waals surface area contributed by atoms with Crippen molar-refractivity contribution in [3.63, 3.8) is 0 Å². The molecule has 0 bridgehead atoms. The molecule has 156 valence electrons. The second-order valence-corrected chi connectivity index (χ2v) is 7.62. The smallest absolute Gasteiger partial charge is 0.254 e. The molecule has 4 nitrogen and oxygen atoms in total. The van der Waals surface area contributed by atoms with Gasteiger partial charge in [0.1, 0.15) is 5.75 Å². The van der Waals surface area contributed by atoms with Gasteiger partial charge < -0.3 is 14.6 Å². The number of aromatic nitrogens is 1. The van der Waals surface area contributed by atoms with Gasteiger partial charge in [-0.2, -0.15) is 0 Å². The molecule has 1 aliphatic rings. The van der Waals surface area contributed by atoms with Crippen LogP contribution in [0.2, 0.25) is 0 Å². The Kier molecular flexibility index (Phi) is 4.70. The lowest BCUT2D eigenvalue weighted by Crippen LogP contribution is -2.40.